The molecule has 4 nitrogen and oxygen atoms in total. The van der Waals surface area contributed by atoms with Crippen LogP contribution in [0.1, 0.15) is 58.1 Å². The van der Waals surface area contributed by atoms with Crippen molar-refractivity contribution in [1.29, 1.82) is 0 Å². The highest BCUT2D eigenvalue weighted by Gasteiger charge is 2.39. The third-order valence-electron chi connectivity index (χ3n) is 5.11. The molecule has 0 radical (unpaired) electrons. The fourth-order valence-corrected chi connectivity index (χ4v) is 7.38. The van der Waals surface area contributed by atoms with Crippen molar-refractivity contribution in [2.45, 2.75) is 75.4 Å². The molecule has 1 heterocycles. The molecule has 0 aromatic carbocycles. The van der Waals surface area contributed by atoms with Gasteiger partial charge in [-0.1, -0.05) is 46.7 Å². The maximum Gasteiger partial charge on any atom is 0.236 e. The van der Waals surface area contributed by atoms with Crippen molar-refractivity contribution in [1.82, 2.24) is 9.37 Å². The van der Waals surface area contributed by atoms with Crippen LogP contribution in [0.3, 0.4) is 0 Å². The largest absolute Gasteiger partial charge is 0.260 e. The first kappa shape index (κ1) is 17.6. The van der Waals surface area contributed by atoms with Crippen molar-refractivity contribution >= 4 is 18.3 Å². The van der Waals surface area contributed by atoms with E-state index in [0.717, 1.165) is 5.69 Å². The van der Waals surface area contributed by atoms with Crippen LogP contribution in [0.4, 0.5) is 0 Å². The third kappa shape index (κ3) is 3.78. The van der Waals surface area contributed by atoms with Crippen LogP contribution in [-0.4, -0.2) is 21.6 Å². The van der Waals surface area contributed by atoms with Gasteiger partial charge in [-0.2, -0.15) is 0 Å². The molecule has 2 rings (SSSR count). The lowest BCUT2D eigenvalue weighted by atomic mass is 10.0. The van der Waals surface area contributed by atoms with Gasteiger partial charge in [0.1, 0.15) is 8.24 Å². The van der Waals surface area contributed by atoms with E-state index in [1.165, 1.54) is 31.9 Å². The number of nitrogens with zero attached hydrogens (tertiary/aromatic N) is 1. The van der Waals surface area contributed by atoms with Gasteiger partial charge in [-0.25, -0.2) is 12.8 Å². The first-order chi connectivity index (χ1) is 10.0. The summed E-state index contributed by atoms with van der Waals surface area (Å²) in [6, 6.07) is 3.59. The monoisotopic (exact) mass is 340 g/mol. The summed E-state index contributed by atoms with van der Waals surface area (Å²) in [7, 11) is -5.62. The predicted molar refractivity (Wildman–Crippen MR) is 93.0 cm³/mol. The topological polar surface area (TPSA) is 59.1 Å². The van der Waals surface area contributed by atoms with Crippen LogP contribution in [-0.2, 0) is 10.0 Å². The highest BCUT2D eigenvalue weighted by molar-refractivity contribution is 7.91. The lowest BCUT2D eigenvalue weighted by molar-refractivity contribution is 0.588. The van der Waals surface area contributed by atoms with E-state index in [2.05, 4.69) is 30.1 Å². The average molecular weight is 341 g/mol. The molecule has 6 heteroatoms. The molecule has 0 amide bonds. The van der Waals surface area contributed by atoms with Crippen LogP contribution in [0.2, 0.25) is 18.1 Å². The first-order valence-corrected chi connectivity index (χ1v) is 12.5. The van der Waals surface area contributed by atoms with Gasteiger partial charge in [-0.05, 0) is 30.0 Å². The molecular formula is C16H28N2O2SSi. The Balaban J connectivity index is 2.19. The van der Waals surface area contributed by atoms with Gasteiger partial charge in [0.25, 0.3) is 0 Å². The predicted octanol–water partition coefficient (Wildman–Crippen LogP) is 4.02. The van der Waals surface area contributed by atoms with E-state index >= 15 is 0 Å². The zero-order chi connectivity index (χ0) is 16.6. The number of aromatic nitrogens is 1. The number of sulfonamides is 1. The summed E-state index contributed by atoms with van der Waals surface area (Å²) >= 11 is 0. The number of hydrogen-bond donors (Lipinski definition) is 1. The van der Waals surface area contributed by atoms with Gasteiger partial charge < -0.3 is 0 Å². The summed E-state index contributed by atoms with van der Waals surface area (Å²) in [5, 5.41) is -0.0444. The van der Waals surface area contributed by atoms with E-state index in [4.69, 9.17) is 0 Å². The maximum atomic E-state index is 12.6. The Bertz CT molecular complexity index is 613. The minimum Gasteiger partial charge on any atom is -0.260 e. The summed E-state index contributed by atoms with van der Waals surface area (Å²) in [6.45, 7) is 10.4. The Kier molecular flexibility index (Phi) is 4.85. The molecule has 0 unspecified atom stereocenters. The molecule has 1 aromatic heterocycles. The van der Waals surface area contributed by atoms with Gasteiger partial charge in [0, 0.05) is 17.8 Å². The van der Waals surface area contributed by atoms with Crippen LogP contribution < -0.4 is 4.39 Å². The second-order valence-electron chi connectivity index (χ2n) is 7.88. The van der Waals surface area contributed by atoms with E-state index in [0.29, 0.717) is 5.92 Å². The third-order valence-corrected chi connectivity index (χ3v) is 12.8. The van der Waals surface area contributed by atoms with Crippen molar-refractivity contribution in [3.8, 4) is 0 Å². The van der Waals surface area contributed by atoms with Crippen LogP contribution >= 0.6 is 0 Å². The standard InChI is InChI=1S/C16H28N2O2SSi/c1-16(2,3)22(4,5)18-21(19,20)14-10-11-15(17-12-14)13-8-6-7-9-13/h10-13,18H,6-9H2,1-5H3. The Hall–Kier alpha value is -0.723. The molecule has 1 fully saturated rings. The number of pyridine rings is 1. The summed E-state index contributed by atoms with van der Waals surface area (Å²) in [5.74, 6) is 0.505. The van der Waals surface area contributed by atoms with Crippen LogP contribution in [0.15, 0.2) is 23.2 Å². The van der Waals surface area contributed by atoms with E-state index in [1.807, 2.05) is 19.2 Å². The van der Waals surface area contributed by atoms with E-state index in [9.17, 15) is 8.42 Å². The lowest BCUT2D eigenvalue weighted by Crippen LogP contribution is -2.54. The van der Waals surface area contributed by atoms with Gasteiger partial charge in [-0.3, -0.25) is 4.98 Å². The Labute approximate surface area is 135 Å². The van der Waals surface area contributed by atoms with E-state index in [-0.39, 0.29) is 9.93 Å². The zero-order valence-corrected chi connectivity index (χ0v) is 16.1. The van der Waals surface area contributed by atoms with Crippen molar-refractivity contribution in [3.05, 3.63) is 24.0 Å². The summed E-state index contributed by atoms with van der Waals surface area (Å²) < 4.78 is 28.2. The molecule has 1 aromatic rings. The second-order valence-corrected chi connectivity index (χ2v) is 14.9. The number of hydrogen-bond acceptors (Lipinski definition) is 3. The summed E-state index contributed by atoms with van der Waals surface area (Å²) in [5.41, 5.74) is 1.03. The molecule has 1 aliphatic rings. The normalized spacial score (nSPS) is 17.9. The second kappa shape index (κ2) is 6.05. The molecule has 0 aliphatic heterocycles. The molecular weight excluding hydrogens is 312 g/mol. The average Bonchev–Trinajstić information content (AvgIpc) is 2.90. The smallest absolute Gasteiger partial charge is 0.236 e. The molecule has 0 spiro atoms. The Morgan fingerprint density at radius 3 is 2.23 bits per heavy atom. The van der Waals surface area contributed by atoms with Crippen LogP contribution in [0.5, 0.6) is 0 Å². The summed E-state index contributed by atoms with van der Waals surface area (Å²) in [6.07, 6.45) is 6.35. The molecule has 22 heavy (non-hydrogen) atoms. The Morgan fingerprint density at radius 2 is 1.77 bits per heavy atom. The number of nitrogens with one attached hydrogen (secondary N) is 1. The molecule has 1 aliphatic carbocycles. The molecule has 0 atom stereocenters. The lowest BCUT2D eigenvalue weighted by Gasteiger charge is -2.36. The highest BCUT2D eigenvalue weighted by Crippen LogP contribution is 2.35. The molecule has 1 saturated carbocycles. The van der Waals surface area contributed by atoms with Gasteiger partial charge >= 0.3 is 0 Å². The van der Waals surface area contributed by atoms with Crippen molar-refractivity contribution in [2.75, 3.05) is 0 Å². The van der Waals surface area contributed by atoms with Gasteiger partial charge in [-0.15, -0.1) is 0 Å². The minimum atomic E-state index is -3.49. The fourth-order valence-electron chi connectivity index (χ4n) is 2.56. The molecule has 0 bridgehead atoms. The zero-order valence-electron chi connectivity index (χ0n) is 14.3. The molecule has 124 valence electrons. The van der Waals surface area contributed by atoms with Crippen LogP contribution in [0, 0.1) is 0 Å². The quantitative estimate of drug-likeness (QED) is 0.842. The van der Waals surface area contributed by atoms with Gasteiger partial charge in [0.05, 0.1) is 4.90 Å². The molecule has 1 N–H and O–H groups in total. The number of rotatable bonds is 4. The Morgan fingerprint density at radius 1 is 1.18 bits per heavy atom. The van der Waals surface area contributed by atoms with Crippen molar-refractivity contribution in [2.24, 2.45) is 0 Å². The minimum absolute atomic E-state index is 0.0444. The summed E-state index contributed by atoms with van der Waals surface area (Å²) in [4.78, 5) is 4.69. The van der Waals surface area contributed by atoms with Crippen LogP contribution in [0.25, 0.3) is 0 Å². The first-order valence-electron chi connectivity index (χ1n) is 8.03. The molecule has 0 saturated heterocycles. The van der Waals surface area contributed by atoms with Gasteiger partial charge in [0.2, 0.25) is 10.0 Å². The van der Waals surface area contributed by atoms with Crippen molar-refractivity contribution in [3.63, 3.8) is 0 Å². The van der Waals surface area contributed by atoms with Gasteiger partial charge in [0.15, 0.2) is 0 Å². The van der Waals surface area contributed by atoms with E-state index in [1.54, 1.807) is 6.07 Å². The van der Waals surface area contributed by atoms with E-state index < -0.39 is 18.3 Å². The SMILES string of the molecule is CC(C)(C)[Si](C)(C)NS(=O)(=O)c1ccc(C2CCCC2)nc1. The maximum absolute atomic E-state index is 12.6. The van der Waals surface area contributed by atoms with Crippen molar-refractivity contribution < 1.29 is 8.42 Å². The highest BCUT2D eigenvalue weighted by atomic mass is 32.2. The fraction of sp³-hybridized carbons (Fsp3) is 0.688.